The minimum absolute atomic E-state index is 0.149. The van der Waals surface area contributed by atoms with Gasteiger partial charge in [0.1, 0.15) is 0 Å². The number of para-hydroxylation sites is 1. The summed E-state index contributed by atoms with van der Waals surface area (Å²) in [6, 6.07) is 20.8. The van der Waals surface area contributed by atoms with Gasteiger partial charge in [-0.1, -0.05) is 48.5 Å². The maximum atomic E-state index is 6.40. The van der Waals surface area contributed by atoms with Crippen LogP contribution in [0.5, 0.6) is 11.5 Å². The van der Waals surface area contributed by atoms with Crippen molar-refractivity contribution in [1.29, 1.82) is 0 Å². The quantitative estimate of drug-likeness (QED) is 0.658. The van der Waals surface area contributed by atoms with E-state index in [1.165, 1.54) is 0 Å². The highest BCUT2D eigenvalue weighted by molar-refractivity contribution is 7.10. The molecule has 2 atom stereocenters. The number of methoxy groups -OCH3 is 1. The smallest absolute Gasteiger partial charge is 0.223 e. The molecule has 130 valence electrons. The second-order valence-electron chi connectivity index (χ2n) is 6.38. The molecule has 2 aliphatic rings. The van der Waals surface area contributed by atoms with Crippen LogP contribution in [-0.4, -0.2) is 17.8 Å². The van der Waals surface area contributed by atoms with Crippen LogP contribution in [0.2, 0.25) is 0 Å². The van der Waals surface area contributed by atoms with Crippen molar-refractivity contribution in [2.75, 3.05) is 7.11 Å². The molecule has 3 aromatic rings. The summed E-state index contributed by atoms with van der Waals surface area (Å²) in [5, 5.41) is 9.14. The zero-order chi connectivity index (χ0) is 17.5. The molecule has 0 amide bonds. The number of hydrazone groups is 1. The maximum absolute atomic E-state index is 6.40. The Kier molecular flexibility index (Phi) is 3.68. The first-order valence-electron chi connectivity index (χ1n) is 8.63. The molecule has 3 heterocycles. The number of nitrogens with zero attached hydrogens (tertiary/aromatic N) is 2. The summed E-state index contributed by atoms with van der Waals surface area (Å²) >= 11 is 1.69. The van der Waals surface area contributed by atoms with Crippen molar-refractivity contribution in [3.63, 3.8) is 0 Å². The fourth-order valence-electron chi connectivity index (χ4n) is 3.67. The Morgan fingerprint density at radius 3 is 2.73 bits per heavy atom. The Morgan fingerprint density at radius 1 is 1.08 bits per heavy atom. The fraction of sp³-hybridized carbons (Fsp3) is 0.190. The maximum Gasteiger partial charge on any atom is 0.223 e. The van der Waals surface area contributed by atoms with Crippen LogP contribution in [0.3, 0.4) is 0 Å². The van der Waals surface area contributed by atoms with Gasteiger partial charge >= 0.3 is 0 Å². The molecule has 0 spiro atoms. The van der Waals surface area contributed by atoms with Crippen molar-refractivity contribution < 1.29 is 9.47 Å². The lowest BCUT2D eigenvalue weighted by Gasteiger charge is -2.38. The summed E-state index contributed by atoms with van der Waals surface area (Å²) in [5.74, 6) is 1.61. The van der Waals surface area contributed by atoms with E-state index >= 15 is 0 Å². The highest BCUT2D eigenvalue weighted by atomic mass is 32.1. The van der Waals surface area contributed by atoms with Gasteiger partial charge in [-0.2, -0.15) is 5.10 Å². The van der Waals surface area contributed by atoms with Crippen molar-refractivity contribution in [1.82, 2.24) is 5.01 Å². The van der Waals surface area contributed by atoms with E-state index in [4.69, 9.17) is 14.6 Å². The SMILES string of the molecule is COc1cccc2c1OC(c1cccs1)N1N=C(c3ccccc3)CC21. The number of fused-ring (bicyclic) bond motifs is 3. The second kappa shape index (κ2) is 6.18. The van der Waals surface area contributed by atoms with Gasteiger partial charge in [-0.25, -0.2) is 5.01 Å². The van der Waals surface area contributed by atoms with Crippen molar-refractivity contribution in [2.24, 2.45) is 5.10 Å². The van der Waals surface area contributed by atoms with E-state index in [1.807, 2.05) is 24.3 Å². The third-order valence-electron chi connectivity index (χ3n) is 4.89. The molecule has 0 saturated carbocycles. The summed E-state index contributed by atoms with van der Waals surface area (Å²) < 4.78 is 12.0. The molecule has 1 aromatic heterocycles. The van der Waals surface area contributed by atoms with Crippen molar-refractivity contribution in [3.8, 4) is 11.5 Å². The minimum Gasteiger partial charge on any atom is -0.493 e. The van der Waals surface area contributed by atoms with Crippen molar-refractivity contribution in [2.45, 2.75) is 18.7 Å². The average molecular weight is 362 g/mol. The number of thiophene rings is 1. The number of rotatable bonds is 3. The molecule has 0 fully saturated rings. The number of benzene rings is 2. The van der Waals surface area contributed by atoms with Crippen LogP contribution in [0.1, 0.15) is 34.7 Å². The van der Waals surface area contributed by atoms with Gasteiger partial charge in [0.25, 0.3) is 0 Å². The molecule has 0 bridgehead atoms. The Bertz CT molecular complexity index is 953. The van der Waals surface area contributed by atoms with Crippen LogP contribution in [0, 0.1) is 0 Å². The Hall–Kier alpha value is -2.79. The van der Waals surface area contributed by atoms with Gasteiger partial charge in [-0.05, 0) is 23.1 Å². The monoisotopic (exact) mass is 362 g/mol. The van der Waals surface area contributed by atoms with Gasteiger partial charge < -0.3 is 9.47 Å². The van der Waals surface area contributed by atoms with E-state index in [1.54, 1.807) is 18.4 Å². The van der Waals surface area contributed by atoms with Gasteiger partial charge in [0.05, 0.1) is 23.7 Å². The Balaban J connectivity index is 1.62. The standard InChI is InChI=1S/C21H18N2O2S/c1-24-18-10-5-9-15-17-13-16(14-7-3-2-4-8-14)22-23(17)21(25-20(15)18)19-11-6-12-26-19/h2-12,17,21H,13H2,1H3. The Morgan fingerprint density at radius 2 is 1.96 bits per heavy atom. The van der Waals surface area contributed by atoms with E-state index in [0.29, 0.717) is 0 Å². The number of hydrogen-bond acceptors (Lipinski definition) is 5. The molecule has 5 rings (SSSR count). The molecule has 26 heavy (non-hydrogen) atoms. The summed E-state index contributed by atoms with van der Waals surface area (Å²) in [7, 11) is 1.69. The lowest BCUT2D eigenvalue weighted by atomic mass is 9.96. The topological polar surface area (TPSA) is 34.1 Å². The summed E-state index contributed by atoms with van der Waals surface area (Å²) in [4.78, 5) is 1.14. The van der Waals surface area contributed by atoms with Crippen molar-refractivity contribution in [3.05, 3.63) is 82.0 Å². The summed E-state index contributed by atoms with van der Waals surface area (Å²) in [6.07, 6.45) is 0.625. The van der Waals surface area contributed by atoms with Crippen LogP contribution < -0.4 is 9.47 Å². The zero-order valence-corrected chi connectivity index (χ0v) is 15.1. The van der Waals surface area contributed by atoms with Crippen LogP contribution in [0.15, 0.2) is 71.1 Å². The lowest BCUT2D eigenvalue weighted by molar-refractivity contribution is -0.0184. The van der Waals surface area contributed by atoms with E-state index in [-0.39, 0.29) is 12.3 Å². The normalized spacial score (nSPS) is 20.8. The van der Waals surface area contributed by atoms with Crippen LogP contribution in [-0.2, 0) is 0 Å². The molecule has 0 radical (unpaired) electrons. The molecule has 0 N–H and O–H groups in total. The van der Waals surface area contributed by atoms with Gasteiger partial charge in [0.2, 0.25) is 6.23 Å². The molecular formula is C21H18N2O2S. The van der Waals surface area contributed by atoms with Crippen LogP contribution in [0.25, 0.3) is 0 Å². The summed E-state index contributed by atoms with van der Waals surface area (Å²) in [5.41, 5.74) is 3.39. The van der Waals surface area contributed by atoms with Crippen molar-refractivity contribution >= 4 is 17.0 Å². The Labute approximate surface area is 156 Å². The predicted molar refractivity (Wildman–Crippen MR) is 103 cm³/mol. The number of ether oxygens (including phenoxy) is 2. The van der Waals surface area contributed by atoms with E-state index in [2.05, 4.69) is 46.8 Å². The number of hydrogen-bond donors (Lipinski definition) is 0. The van der Waals surface area contributed by atoms with Gasteiger partial charge in [-0.15, -0.1) is 11.3 Å². The zero-order valence-electron chi connectivity index (χ0n) is 14.3. The molecule has 2 unspecified atom stereocenters. The third kappa shape index (κ3) is 2.39. The highest BCUT2D eigenvalue weighted by Gasteiger charge is 2.42. The largest absolute Gasteiger partial charge is 0.493 e. The highest BCUT2D eigenvalue weighted by Crippen LogP contribution is 2.51. The van der Waals surface area contributed by atoms with E-state index in [0.717, 1.165) is 39.6 Å². The fourth-order valence-corrected chi connectivity index (χ4v) is 4.41. The molecule has 0 aliphatic carbocycles. The molecule has 0 saturated heterocycles. The molecular weight excluding hydrogens is 344 g/mol. The molecule has 2 aliphatic heterocycles. The first kappa shape index (κ1) is 15.5. The van der Waals surface area contributed by atoms with Crippen LogP contribution in [0.4, 0.5) is 0 Å². The average Bonchev–Trinajstić information content (AvgIpc) is 3.37. The van der Waals surface area contributed by atoms with E-state index in [9.17, 15) is 0 Å². The minimum atomic E-state index is -0.231. The first-order chi connectivity index (χ1) is 12.8. The van der Waals surface area contributed by atoms with Gasteiger partial charge in [0.15, 0.2) is 11.5 Å². The summed E-state index contributed by atoms with van der Waals surface area (Å²) in [6.45, 7) is 0. The third-order valence-corrected chi connectivity index (χ3v) is 5.80. The lowest BCUT2D eigenvalue weighted by Crippen LogP contribution is -2.33. The van der Waals surface area contributed by atoms with Crippen LogP contribution >= 0.6 is 11.3 Å². The first-order valence-corrected chi connectivity index (χ1v) is 9.51. The van der Waals surface area contributed by atoms with Gasteiger partial charge in [0, 0.05) is 12.0 Å². The van der Waals surface area contributed by atoms with E-state index < -0.39 is 0 Å². The predicted octanol–water partition coefficient (Wildman–Crippen LogP) is 5.00. The molecule has 4 nitrogen and oxygen atoms in total. The second-order valence-corrected chi connectivity index (χ2v) is 7.36. The molecule has 5 heteroatoms. The van der Waals surface area contributed by atoms with Gasteiger partial charge in [-0.3, -0.25) is 0 Å². The molecule has 2 aromatic carbocycles.